The third kappa shape index (κ3) is 3.86. The molecular formula is C22H23ClN2O3. The quantitative estimate of drug-likeness (QED) is 0.560. The molecule has 6 heteroatoms. The molecule has 0 unspecified atom stereocenters. The summed E-state index contributed by atoms with van der Waals surface area (Å²) in [6.45, 7) is 1.78. The highest BCUT2D eigenvalue weighted by molar-refractivity contribution is 6.30. The summed E-state index contributed by atoms with van der Waals surface area (Å²) in [5, 5.41) is 0.699. The van der Waals surface area contributed by atoms with Crippen LogP contribution in [-0.4, -0.2) is 30.6 Å². The zero-order valence-electron chi connectivity index (χ0n) is 16.0. The van der Waals surface area contributed by atoms with Gasteiger partial charge in [0.1, 0.15) is 6.26 Å². The van der Waals surface area contributed by atoms with Gasteiger partial charge in [0.25, 0.3) is 0 Å². The maximum atomic E-state index is 5.96. The molecule has 3 aromatic rings. The molecule has 146 valence electrons. The van der Waals surface area contributed by atoms with Crippen molar-refractivity contribution in [1.82, 2.24) is 9.88 Å². The lowest BCUT2D eigenvalue weighted by atomic mass is 10.0. The number of hydrogen-bond acceptors (Lipinski definition) is 5. The van der Waals surface area contributed by atoms with E-state index in [1.165, 1.54) is 5.56 Å². The molecule has 0 radical (unpaired) electrons. The van der Waals surface area contributed by atoms with Crippen molar-refractivity contribution in [2.24, 2.45) is 0 Å². The first-order valence-corrected chi connectivity index (χ1v) is 9.72. The number of rotatable bonds is 6. The summed E-state index contributed by atoms with van der Waals surface area (Å²) in [4.78, 5) is 7.10. The van der Waals surface area contributed by atoms with E-state index >= 15 is 0 Å². The number of aromatic nitrogens is 1. The molecule has 0 spiro atoms. The molecule has 1 fully saturated rings. The second-order valence-corrected chi connectivity index (χ2v) is 7.33. The molecule has 0 saturated carbocycles. The second kappa shape index (κ2) is 8.25. The molecule has 1 aliphatic heterocycles. The smallest absolute Gasteiger partial charge is 0.226 e. The molecule has 2 aromatic carbocycles. The van der Waals surface area contributed by atoms with Crippen LogP contribution in [0.1, 0.15) is 30.1 Å². The van der Waals surface area contributed by atoms with Gasteiger partial charge in [0.2, 0.25) is 5.89 Å². The van der Waals surface area contributed by atoms with Gasteiger partial charge in [-0.25, -0.2) is 4.98 Å². The summed E-state index contributed by atoms with van der Waals surface area (Å²) in [5.41, 5.74) is 3.09. The molecular weight excluding hydrogens is 376 g/mol. The van der Waals surface area contributed by atoms with Crippen LogP contribution in [0.3, 0.4) is 0 Å². The highest BCUT2D eigenvalue weighted by Crippen LogP contribution is 2.37. The zero-order valence-corrected chi connectivity index (χ0v) is 16.8. The lowest BCUT2D eigenvalue weighted by Gasteiger charge is -2.24. The largest absolute Gasteiger partial charge is 0.493 e. The fourth-order valence-electron chi connectivity index (χ4n) is 3.77. The zero-order chi connectivity index (χ0) is 19.5. The lowest BCUT2D eigenvalue weighted by Crippen LogP contribution is -2.23. The molecule has 0 N–H and O–H groups in total. The van der Waals surface area contributed by atoms with Crippen LogP contribution in [0.4, 0.5) is 0 Å². The topological polar surface area (TPSA) is 47.7 Å². The van der Waals surface area contributed by atoms with E-state index in [1.54, 1.807) is 20.5 Å². The molecule has 1 saturated heterocycles. The van der Waals surface area contributed by atoms with Crippen molar-refractivity contribution in [3.8, 4) is 23.0 Å². The SMILES string of the molecule is COc1ccc([C@H]2CCCN2Cc2coc(-c3ccc(Cl)cc3)n2)cc1OC. The first-order valence-electron chi connectivity index (χ1n) is 9.34. The lowest BCUT2D eigenvalue weighted by molar-refractivity contribution is 0.244. The van der Waals surface area contributed by atoms with E-state index in [-0.39, 0.29) is 0 Å². The van der Waals surface area contributed by atoms with Crippen LogP contribution in [0.25, 0.3) is 11.5 Å². The number of oxazole rings is 1. The highest BCUT2D eigenvalue weighted by atomic mass is 35.5. The van der Waals surface area contributed by atoms with Crippen molar-refractivity contribution in [1.29, 1.82) is 0 Å². The highest BCUT2D eigenvalue weighted by Gasteiger charge is 2.27. The average molecular weight is 399 g/mol. The Balaban J connectivity index is 1.51. The fourth-order valence-corrected chi connectivity index (χ4v) is 3.89. The molecule has 0 amide bonds. The van der Waals surface area contributed by atoms with E-state index in [2.05, 4.69) is 22.0 Å². The average Bonchev–Trinajstić information content (AvgIpc) is 3.38. The van der Waals surface area contributed by atoms with E-state index in [0.29, 0.717) is 17.0 Å². The summed E-state index contributed by atoms with van der Waals surface area (Å²) >= 11 is 5.96. The van der Waals surface area contributed by atoms with Crippen LogP contribution < -0.4 is 9.47 Å². The molecule has 1 atom stereocenters. The van der Waals surface area contributed by atoms with Gasteiger partial charge < -0.3 is 13.9 Å². The van der Waals surface area contributed by atoms with E-state index in [4.69, 9.17) is 25.5 Å². The number of methoxy groups -OCH3 is 2. The molecule has 2 heterocycles. The third-order valence-electron chi connectivity index (χ3n) is 5.16. The van der Waals surface area contributed by atoms with Crippen molar-refractivity contribution in [3.05, 3.63) is 65.0 Å². The summed E-state index contributed by atoms with van der Waals surface area (Å²) in [6, 6.07) is 14.0. The molecule has 28 heavy (non-hydrogen) atoms. The van der Waals surface area contributed by atoms with E-state index < -0.39 is 0 Å². The molecule has 0 bridgehead atoms. The van der Waals surface area contributed by atoms with Gasteiger partial charge in [-0.2, -0.15) is 0 Å². The van der Waals surface area contributed by atoms with E-state index in [0.717, 1.165) is 48.7 Å². The van der Waals surface area contributed by atoms with Crippen molar-refractivity contribution in [2.75, 3.05) is 20.8 Å². The van der Waals surface area contributed by atoms with Gasteiger partial charge in [-0.1, -0.05) is 17.7 Å². The van der Waals surface area contributed by atoms with Crippen LogP contribution in [-0.2, 0) is 6.54 Å². The van der Waals surface area contributed by atoms with Crippen molar-refractivity contribution < 1.29 is 13.9 Å². The van der Waals surface area contributed by atoms with Crippen molar-refractivity contribution in [3.63, 3.8) is 0 Å². The monoisotopic (exact) mass is 398 g/mol. The Kier molecular flexibility index (Phi) is 5.55. The minimum Gasteiger partial charge on any atom is -0.493 e. The van der Waals surface area contributed by atoms with Crippen LogP contribution in [0.2, 0.25) is 5.02 Å². The van der Waals surface area contributed by atoms with Crippen molar-refractivity contribution >= 4 is 11.6 Å². The molecule has 1 aromatic heterocycles. The number of benzene rings is 2. The Labute approximate surface area is 169 Å². The summed E-state index contributed by atoms with van der Waals surface area (Å²) in [7, 11) is 3.32. The van der Waals surface area contributed by atoms with Crippen LogP contribution >= 0.6 is 11.6 Å². The van der Waals surface area contributed by atoms with Gasteiger partial charge in [-0.3, -0.25) is 4.90 Å². The van der Waals surface area contributed by atoms with Crippen LogP contribution in [0.5, 0.6) is 11.5 Å². The maximum absolute atomic E-state index is 5.96. The van der Waals surface area contributed by atoms with Gasteiger partial charge in [-0.15, -0.1) is 0 Å². The van der Waals surface area contributed by atoms with Crippen molar-refractivity contribution in [2.45, 2.75) is 25.4 Å². The van der Waals surface area contributed by atoms with Gasteiger partial charge in [0.15, 0.2) is 11.5 Å². The Morgan fingerprint density at radius 1 is 1.11 bits per heavy atom. The number of halogens is 1. The first kappa shape index (κ1) is 18.8. The normalized spacial score (nSPS) is 17.0. The number of ether oxygens (including phenoxy) is 2. The molecule has 5 nitrogen and oxygen atoms in total. The number of nitrogens with zero attached hydrogens (tertiary/aromatic N) is 2. The molecule has 4 rings (SSSR count). The predicted octanol–water partition coefficient (Wildman–Crippen LogP) is 5.35. The summed E-state index contributed by atoms with van der Waals surface area (Å²) < 4.78 is 16.5. The van der Waals surface area contributed by atoms with Gasteiger partial charge >= 0.3 is 0 Å². The Morgan fingerprint density at radius 3 is 2.64 bits per heavy atom. The van der Waals surface area contributed by atoms with Crippen LogP contribution in [0.15, 0.2) is 53.1 Å². The van der Waals surface area contributed by atoms with E-state index in [9.17, 15) is 0 Å². The Hall–Kier alpha value is -2.50. The van der Waals surface area contributed by atoms with Gasteiger partial charge in [-0.05, 0) is 61.3 Å². The summed E-state index contributed by atoms with van der Waals surface area (Å²) in [5.74, 6) is 2.13. The predicted molar refractivity (Wildman–Crippen MR) is 109 cm³/mol. The minimum atomic E-state index is 0.329. The Bertz CT molecular complexity index is 939. The molecule has 1 aliphatic rings. The first-order chi connectivity index (χ1) is 13.7. The van der Waals surface area contributed by atoms with Gasteiger partial charge in [0.05, 0.1) is 19.9 Å². The standard InChI is InChI=1S/C22H23ClN2O3/c1-26-20-10-7-16(12-21(20)27-2)19-4-3-11-25(19)13-18-14-28-22(24-18)15-5-8-17(23)9-6-15/h5-10,12,14,19H,3-4,11,13H2,1-2H3/t19-/m1/s1. The fraction of sp³-hybridized carbons (Fsp3) is 0.318. The third-order valence-corrected chi connectivity index (χ3v) is 5.42. The number of likely N-dealkylation sites (tertiary alicyclic amines) is 1. The maximum Gasteiger partial charge on any atom is 0.226 e. The summed E-state index contributed by atoms with van der Waals surface area (Å²) in [6.07, 6.45) is 4.01. The van der Waals surface area contributed by atoms with Crippen LogP contribution in [0, 0.1) is 0 Å². The number of hydrogen-bond donors (Lipinski definition) is 0. The van der Waals surface area contributed by atoms with Gasteiger partial charge in [0, 0.05) is 23.2 Å². The minimum absolute atomic E-state index is 0.329. The Morgan fingerprint density at radius 2 is 1.89 bits per heavy atom. The second-order valence-electron chi connectivity index (χ2n) is 6.89. The molecule has 0 aliphatic carbocycles. The van der Waals surface area contributed by atoms with E-state index in [1.807, 2.05) is 30.3 Å².